The van der Waals surface area contributed by atoms with Crippen LogP contribution in [0.2, 0.25) is 0 Å². The number of amides is 2. The van der Waals surface area contributed by atoms with Gasteiger partial charge in [-0.1, -0.05) is 48.5 Å². The Morgan fingerprint density at radius 2 is 1.63 bits per heavy atom. The normalized spacial score (nSPS) is 21.3. The maximum atomic E-state index is 12.8. The van der Waals surface area contributed by atoms with E-state index in [1.165, 1.54) is 4.90 Å². The molecule has 0 aliphatic carbocycles. The number of Topliss-reactive ketones (excluding diaryl/α,β-unsaturated/α-hetero) is 1. The van der Waals surface area contributed by atoms with Gasteiger partial charge in [0, 0.05) is 12.1 Å². The third kappa shape index (κ3) is 3.30. The molecule has 6 nitrogen and oxygen atoms in total. The van der Waals surface area contributed by atoms with Crippen LogP contribution in [-0.2, 0) is 16.1 Å². The molecule has 2 amide bonds. The number of hydrogen-bond acceptors (Lipinski definition) is 4. The minimum atomic E-state index is -0.610. The van der Waals surface area contributed by atoms with Crippen LogP contribution < -0.4 is 0 Å². The summed E-state index contributed by atoms with van der Waals surface area (Å²) in [5, 5.41) is 0. The Morgan fingerprint density at radius 1 is 0.963 bits per heavy atom. The molecule has 0 radical (unpaired) electrons. The van der Waals surface area contributed by atoms with E-state index in [0.29, 0.717) is 18.5 Å². The number of rotatable bonds is 3. The summed E-state index contributed by atoms with van der Waals surface area (Å²) in [7, 11) is 0. The zero-order valence-corrected chi connectivity index (χ0v) is 14.8. The third-order valence-corrected chi connectivity index (χ3v) is 5.14. The largest absolute Gasteiger partial charge is 0.445 e. The Balaban J connectivity index is 1.44. The van der Waals surface area contributed by atoms with Gasteiger partial charge in [-0.25, -0.2) is 4.79 Å². The number of carbonyl (C=O) groups is 3. The molecular formula is C21H20N2O4. The fraction of sp³-hybridized carbons (Fsp3) is 0.286. The standard InChI is InChI=1S/C21H20N2O4/c24-18-13-23(20(25)16-9-5-2-6-10-16)17-11-12-22(19(17)18)21(26)27-14-15-7-3-1-4-8-15/h1-10,17,19H,11-14H2/t17?,19-/m0/s1. The maximum Gasteiger partial charge on any atom is 0.410 e. The van der Waals surface area contributed by atoms with Crippen LogP contribution in [0.15, 0.2) is 60.7 Å². The summed E-state index contributed by atoms with van der Waals surface area (Å²) in [6.07, 6.45) is 0.0730. The van der Waals surface area contributed by atoms with Gasteiger partial charge in [0.05, 0.1) is 12.6 Å². The number of fused-ring (bicyclic) bond motifs is 1. The van der Waals surface area contributed by atoms with Crippen molar-refractivity contribution < 1.29 is 19.1 Å². The Hall–Kier alpha value is -3.15. The van der Waals surface area contributed by atoms with Crippen molar-refractivity contribution in [1.29, 1.82) is 0 Å². The predicted molar refractivity (Wildman–Crippen MR) is 98.0 cm³/mol. The topological polar surface area (TPSA) is 66.9 Å². The molecule has 0 N–H and O–H groups in total. The minimum Gasteiger partial charge on any atom is -0.445 e. The van der Waals surface area contributed by atoms with E-state index in [1.807, 2.05) is 36.4 Å². The molecule has 2 aliphatic rings. The van der Waals surface area contributed by atoms with Crippen LogP contribution in [0.1, 0.15) is 22.3 Å². The van der Waals surface area contributed by atoms with Gasteiger partial charge in [-0.15, -0.1) is 0 Å². The molecule has 0 bridgehead atoms. The molecule has 2 heterocycles. The highest BCUT2D eigenvalue weighted by Crippen LogP contribution is 2.31. The Bertz CT molecular complexity index is 853. The van der Waals surface area contributed by atoms with Gasteiger partial charge in [-0.2, -0.15) is 0 Å². The van der Waals surface area contributed by atoms with Crippen LogP contribution in [-0.4, -0.2) is 52.8 Å². The molecule has 2 saturated heterocycles. The SMILES string of the molecule is O=C1CN(C(=O)c2ccccc2)C2CCN(C(=O)OCc3ccccc3)[C@H]12. The van der Waals surface area contributed by atoms with Crippen molar-refractivity contribution in [3.63, 3.8) is 0 Å². The van der Waals surface area contributed by atoms with Crippen LogP contribution in [0, 0.1) is 0 Å². The van der Waals surface area contributed by atoms with Crippen LogP contribution in [0.5, 0.6) is 0 Å². The summed E-state index contributed by atoms with van der Waals surface area (Å²) in [4.78, 5) is 40.9. The van der Waals surface area contributed by atoms with Gasteiger partial charge in [-0.05, 0) is 24.1 Å². The van der Waals surface area contributed by atoms with Gasteiger partial charge in [0.15, 0.2) is 5.78 Å². The lowest BCUT2D eigenvalue weighted by molar-refractivity contribution is -0.120. The lowest BCUT2D eigenvalue weighted by Crippen LogP contribution is -2.43. The summed E-state index contributed by atoms with van der Waals surface area (Å²) in [6, 6.07) is 17.4. The van der Waals surface area contributed by atoms with Gasteiger partial charge in [0.1, 0.15) is 12.6 Å². The molecular weight excluding hydrogens is 344 g/mol. The number of nitrogens with zero attached hydrogens (tertiary/aromatic N) is 2. The highest BCUT2D eigenvalue weighted by molar-refractivity contribution is 6.02. The number of hydrogen-bond donors (Lipinski definition) is 0. The summed E-state index contributed by atoms with van der Waals surface area (Å²) in [6.45, 7) is 0.604. The second kappa shape index (κ2) is 7.23. The van der Waals surface area contributed by atoms with Crippen LogP contribution in [0.3, 0.4) is 0 Å². The average molecular weight is 364 g/mol. The van der Waals surface area contributed by atoms with E-state index >= 15 is 0 Å². The number of ketones is 1. The van der Waals surface area contributed by atoms with Gasteiger partial charge in [-0.3, -0.25) is 14.5 Å². The van der Waals surface area contributed by atoms with Gasteiger partial charge in [0.25, 0.3) is 5.91 Å². The highest BCUT2D eigenvalue weighted by Gasteiger charge is 2.51. The maximum absolute atomic E-state index is 12.8. The molecule has 6 heteroatoms. The van der Waals surface area contributed by atoms with E-state index in [4.69, 9.17) is 4.74 Å². The first kappa shape index (κ1) is 17.3. The number of carbonyl (C=O) groups excluding carboxylic acids is 3. The minimum absolute atomic E-state index is 0.0333. The fourth-order valence-electron chi connectivity index (χ4n) is 3.85. The smallest absolute Gasteiger partial charge is 0.410 e. The van der Waals surface area contributed by atoms with Crippen LogP contribution in [0.25, 0.3) is 0 Å². The molecule has 27 heavy (non-hydrogen) atoms. The van der Waals surface area contributed by atoms with Gasteiger partial charge >= 0.3 is 6.09 Å². The van der Waals surface area contributed by atoms with Crippen molar-refractivity contribution in [2.75, 3.05) is 13.1 Å². The molecule has 0 aromatic heterocycles. The highest BCUT2D eigenvalue weighted by atomic mass is 16.6. The molecule has 138 valence electrons. The number of benzene rings is 2. The molecule has 2 fully saturated rings. The van der Waals surface area contributed by atoms with Crippen LogP contribution in [0.4, 0.5) is 4.79 Å². The second-order valence-corrected chi connectivity index (χ2v) is 6.80. The van der Waals surface area contributed by atoms with Crippen LogP contribution >= 0.6 is 0 Å². The molecule has 2 atom stereocenters. The molecule has 2 aliphatic heterocycles. The van der Waals surface area contributed by atoms with Crippen molar-refractivity contribution >= 4 is 17.8 Å². The quantitative estimate of drug-likeness (QED) is 0.839. The van der Waals surface area contributed by atoms with Crippen molar-refractivity contribution in [1.82, 2.24) is 9.80 Å². The second-order valence-electron chi connectivity index (χ2n) is 6.80. The Labute approximate surface area is 157 Å². The van der Waals surface area contributed by atoms with E-state index in [2.05, 4.69) is 0 Å². The zero-order valence-electron chi connectivity index (χ0n) is 14.8. The van der Waals surface area contributed by atoms with E-state index in [1.54, 1.807) is 29.2 Å². The first-order valence-corrected chi connectivity index (χ1v) is 9.01. The Morgan fingerprint density at radius 3 is 2.33 bits per heavy atom. The van der Waals surface area contributed by atoms with Crippen molar-refractivity contribution in [3.8, 4) is 0 Å². The average Bonchev–Trinajstić information content (AvgIpc) is 3.29. The summed E-state index contributed by atoms with van der Waals surface area (Å²) in [5.41, 5.74) is 1.44. The Kier molecular flexibility index (Phi) is 4.62. The van der Waals surface area contributed by atoms with Gasteiger partial charge in [0.2, 0.25) is 0 Å². The molecule has 0 saturated carbocycles. The van der Waals surface area contributed by atoms with Crippen molar-refractivity contribution in [2.24, 2.45) is 0 Å². The van der Waals surface area contributed by atoms with Crippen molar-refractivity contribution in [2.45, 2.75) is 25.1 Å². The van der Waals surface area contributed by atoms with E-state index in [0.717, 1.165) is 5.56 Å². The fourth-order valence-corrected chi connectivity index (χ4v) is 3.85. The first-order chi connectivity index (χ1) is 13.1. The van der Waals surface area contributed by atoms with Gasteiger partial charge < -0.3 is 9.64 Å². The lowest BCUT2D eigenvalue weighted by atomic mass is 10.1. The van der Waals surface area contributed by atoms with Crippen molar-refractivity contribution in [3.05, 3.63) is 71.8 Å². The number of likely N-dealkylation sites (tertiary alicyclic amines) is 2. The zero-order chi connectivity index (χ0) is 18.8. The van der Waals surface area contributed by atoms with E-state index < -0.39 is 12.1 Å². The van der Waals surface area contributed by atoms with E-state index in [9.17, 15) is 14.4 Å². The first-order valence-electron chi connectivity index (χ1n) is 9.01. The molecule has 0 spiro atoms. The molecule has 2 aromatic carbocycles. The molecule has 1 unspecified atom stereocenters. The monoisotopic (exact) mass is 364 g/mol. The molecule has 2 aromatic rings. The summed E-state index contributed by atoms with van der Waals surface area (Å²) in [5.74, 6) is -0.283. The summed E-state index contributed by atoms with van der Waals surface area (Å²) >= 11 is 0. The lowest BCUT2D eigenvalue weighted by Gasteiger charge is -2.24. The third-order valence-electron chi connectivity index (χ3n) is 5.14. The number of ether oxygens (including phenoxy) is 1. The summed E-state index contributed by atoms with van der Waals surface area (Å²) < 4.78 is 5.38. The van der Waals surface area contributed by atoms with E-state index in [-0.39, 0.29) is 30.9 Å². The predicted octanol–water partition coefficient (Wildman–Crippen LogP) is 2.49. The molecule has 4 rings (SSSR count).